The number of aromatic nitrogens is 2. The third kappa shape index (κ3) is 3.00. The monoisotopic (exact) mass is 272 g/mol. The molecular formula is C15H20N4O. The van der Waals surface area contributed by atoms with Gasteiger partial charge >= 0.3 is 5.69 Å². The maximum atomic E-state index is 11.3. The Morgan fingerprint density at radius 3 is 2.70 bits per heavy atom. The number of hydrogen-bond donors (Lipinski definition) is 3. The van der Waals surface area contributed by atoms with Crippen molar-refractivity contribution in [3.63, 3.8) is 0 Å². The van der Waals surface area contributed by atoms with Crippen LogP contribution in [0.2, 0.25) is 0 Å². The predicted molar refractivity (Wildman–Crippen MR) is 79.9 cm³/mol. The highest BCUT2D eigenvalue weighted by Crippen LogP contribution is 2.21. The lowest BCUT2D eigenvalue weighted by Crippen LogP contribution is -2.44. The van der Waals surface area contributed by atoms with E-state index < -0.39 is 0 Å². The fourth-order valence-corrected chi connectivity index (χ4v) is 2.69. The Kier molecular flexibility index (Phi) is 3.99. The highest BCUT2D eigenvalue weighted by atomic mass is 16.1. The Labute approximate surface area is 118 Å². The molecule has 1 fully saturated rings. The minimum absolute atomic E-state index is 0.156. The molecule has 0 bridgehead atoms. The van der Waals surface area contributed by atoms with E-state index in [0.717, 1.165) is 50.4 Å². The molecule has 106 valence electrons. The van der Waals surface area contributed by atoms with Crippen LogP contribution in [0.15, 0.2) is 35.3 Å². The number of nitrogens with zero attached hydrogens (tertiary/aromatic N) is 1. The minimum Gasteiger partial charge on any atom is -0.314 e. The highest BCUT2D eigenvalue weighted by Gasteiger charge is 2.11. The maximum Gasteiger partial charge on any atom is 0.323 e. The van der Waals surface area contributed by atoms with E-state index in [9.17, 15) is 4.79 Å². The second kappa shape index (κ2) is 6.07. The van der Waals surface area contributed by atoms with E-state index in [1.54, 1.807) is 6.20 Å². The first-order valence-corrected chi connectivity index (χ1v) is 7.12. The molecule has 0 radical (unpaired) electrons. The van der Waals surface area contributed by atoms with Gasteiger partial charge in [-0.1, -0.05) is 24.3 Å². The van der Waals surface area contributed by atoms with Gasteiger partial charge in [0.25, 0.3) is 0 Å². The number of H-pyrrole nitrogens is 2. The van der Waals surface area contributed by atoms with E-state index >= 15 is 0 Å². The van der Waals surface area contributed by atoms with Gasteiger partial charge in [0.1, 0.15) is 0 Å². The summed E-state index contributed by atoms with van der Waals surface area (Å²) in [7, 11) is 0. The molecule has 0 aliphatic carbocycles. The lowest BCUT2D eigenvalue weighted by molar-refractivity contribution is 0.244. The van der Waals surface area contributed by atoms with Crippen LogP contribution in [-0.2, 0) is 6.42 Å². The van der Waals surface area contributed by atoms with Crippen molar-refractivity contribution in [3.05, 3.63) is 46.5 Å². The Hall–Kier alpha value is -1.85. The van der Waals surface area contributed by atoms with Crippen molar-refractivity contribution in [2.45, 2.75) is 6.42 Å². The summed E-state index contributed by atoms with van der Waals surface area (Å²) in [5, 5.41) is 3.37. The van der Waals surface area contributed by atoms with Crippen molar-refractivity contribution in [2.75, 3.05) is 32.7 Å². The molecule has 5 heteroatoms. The number of rotatable bonds is 4. The summed E-state index contributed by atoms with van der Waals surface area (Å²) in [4.78, 5) is 19.2. The number of imidazole rings is 1. The number of aromatic amines is 2. The molecule has 1 aliphatic heterocycles. The van der Waals surface area contributed by atoms with Crippen LogP contribution in [0.4, 0.5) is 0 Å². The van der Waals surface area contributed by atoms with Gasteiger partial charge in [-0.15, -0.1) is 0 Å². The average molecular weight is 272 g/mol. The Morgan fingerprint density at radius 2 is 1.95 bits per heavy atom. The number of hydrogen-bond acceptors (Lipinski definition) is 3. The number of benzene rings is 1. The van der Waals surface area contributed by atoms with Gasteiger partial charge in [-0.2, -0.15) is 0 Å². The molecule has 0 amide bonds. The van der Waals surface area contributed by atoms with Gasteiger partial charge in [0, 0.05) is 44.5 Å². The molecule has 1 aromatic carbocycles. The van der Waals surface area contributed by atoms with Crippen LogP contribution in [0, 0.1) is 0 Å². The molecule has 2 heterocycles. The molecule has 3 N–H and O–H groups in total. The lowest BCUT2D eigenvalue weighted by atomic mass is 10.0. The normalized spacial score (nSPS) is 16.4. The standard InChI is InChI=1S/C15H20N4O/c20-15-17-11-14(18-15)13-4-2-1-3-12(13)5-8-19-9-6-16-7-10-19/h1-4,11,16H,5-10H2,(H2,17,18,20). The van der Waals surface area contributed by atoms with Crippen LogP contribution in [0.5, 0.6) is 0 Å². The van der Waals surface area contributed by atoms with Crippen LogP contribution >= 0.6 is 0 Å². The predicted octanol–water partition coefficient (Wildman–Crippen LogP) is 0.818. The van der Waals surface area contributed by atoms with Crippen LogP contribution in [-0.4, -0.2) is 47.6 Å². The van der Waals surface area contributed by atoms with Gasteiger partial charge in [0.15, 0.2) is 0 Å². The van der Waals surface area contributed by atoms with Crippen molar-refractivity contribution >= 4 is 0 Å². The highest BCUT2D eigenvalue weighted by molar-refractivity contribution is 5.62. The van der Waals surface area contributed by atoms with Crippen molar-refractivity contribution in [2.24, 2.45) is 0 Å². The summed E-state index contributed by atoms with van der Waals surface area (Å²) in [6, 6.07) is 8.27. The summed E-state index contributed by atoms with van der Waals surface area (Å²) in [6.07, 6.45) is 2.75. The molecular weight excluding hydrogens is 252 g/mol. The minimum atomic E-state index is -0.156. The van der Waals surface area contributed by atoms with Crippen LogP contribution in [0.25, 0.3) is 11.3 Å². The molecule has 1 aromatic heterocycles. The van der Waals surface area contributed by atoms with E-state index in [1.165, 1.54) is 5.56 Å². The third-order valence-corrected chi connectivity index (χ3v) is 3.81. The molecule has 0 atom stereocenters. The second-order valence-corrected chi connectivity index (χ2v) is 5.16. The molecule has 0 spiro atoms. The van der Waals surface area contributed by atoms with E-state index in [0.29, 0.717) is 0 Å². The lowest BCUT2D eigenvalue weighted by Gasteiger charge is -2.27. The second-order valence-electron chi connectivity index (χ2n) is 5.16. The quantitative estimate of drug-likeness (QED) is 0.772. The maximum absolute atomic E-state index is 11.3. The molecule has 0 unspecified atom stereocenters. The van der Waals surface area contributed by atoms with Crippen molar-refractivity contribution in [3.8, 4) is 11.3 Å². The smallest absolute Gasteiger partial charge is 0.314 e. The van der Waals surface area contributed by atoms with E-state index in [-0.39, 0.29) is 5.69 Å². The number of piperazine rings is 1. The van der Waals surface area contributed by atoms with Gasteiger partial charge in [-0.25, -0.2) is 4.79 Å². The van der Waals surface area contributed by atoms with Crippen molar-refractivity contribution < 1.29 is 0 Å². The van der Waals surface area contributed by atoms with E-state index in [2.05, 4.69) is 38.4 Å². The molecule has 20 heavy (non-hydrogen) atoms. The van der Waals surface area contributed by atoms with Crippen LogP contribution < -0.4 is 11.0 Å². The Bertz CT molecular complexity index is 610. The van der Waals surface area contributed by atoms with Gasteiger partial charge in [-0.05, 0) is 12.0 Å². The zero-order valence-electron chi connectivity index (χ0n) is 11.5. The Morgan fingerprint density at radius 1 is 1.15 bits per heavy atom. The van der Waals surface area contributed by atoms with Crippen LogP contribution in [0.3, 0.4) is 0 Å². The molecule has 1 aliphatic rings. The largest absolute Gasteiger partial charge is 0.323 e. The zero-order chi connectivity index (χ0) is 13.8. The first-order valence-electron chi connectivity index (χ1n) is 7.12. The molecule has 1 saturated heterocycles. The Balaban J connectivity index is 1.74. The van der Waals surface area contributed by atoms with Crippen molar-refractivity contribution in [1.29, 1.82) is 0 Å². The van der Waals surface area contributed by atoms with E-state index in [4.69, 9.17) is 0 Å². The SMILES string of the molecule is O=c1[nH]cc(-c2ccccc2CCN2CCNCC2)[nH]1. The third-order valence-electron chi connectivity index (χ3n) is 3.81. The van der Waals surface area contributed by atoms with Gasteiger partial charge in [-0.3, -0.25) is 0 Å². The van der Waals surface area contributed by atoms with Gasteiger partial charge < -0.3 is 20.2 Å². The van der Waals surface area contributed by atoms with E-state index in [1.807, 2.05) is 6.07 Å². The topological polar surface area (TPSA) is 63.9 Å². The fraction of sp³-hybridized carbons (Fsp3) is 0.400. The van der Waals surface area contributed by atoms with Crippen LogP contribution in [0.1, 0.15) is 5.56 Å². The summed E-state index contributed by atoms with van der Waals surface area (Å²) in [6.45, 7) is 5.44. The first-order chi connectivity index (χ1) is 9.83. The zero-order valence-corrected chi connectivity index (χ0v) is 11.5. The molecule has 2 aromatic rings. The first kappa shape index (κ1) is 13.1. The van der Waals surface area contributed by atoms with Gasteiger partial charge in [0.05, 0.1) is 5.69 Å². The summed E-state index contributed by atoms with van der Waals surface area (Å²) in [5.41, 5.74) is 3.10. The number of nitrogens with one attached hydrogen (secondary N) is 3. The average Bonchev–Trinajstić information content (AvgIpc) is 2.93. The molecule has 0 saturated carbocycles. The summed E-state index contributed by atoms with van der Waals surface area (Å²) in [5.74, 6) is 0. The fourth-order valence-electron chi connectivity index (χ4n) is 2.69. The molecule has 3 rings (SSSR count). The summed E-state index contributed by atoms with van der Waals surface area (Å²) >= 11 is 0. The van der Waals surface area contributed by atoms with Crippen molar-refractivity contribution in [1.82, 2.24) is 20.2 Å². The summed E-state index contributed by atoms with van der Waals surface area (Å²) < 4.78 is 0. The molecule has 5 nitrogen and oxygen atoms in total. The van der Waals surface area contributed by atoms with Gasteiger partial charge in [0.2, 0.25) is 0 Å².